The number of amidine groups is 2. The third-order valence-electron chi connectivity index (χ3n) is 5.27. The van der Waals surface area contributed by atoms with Crippen LogP contribution in [0.3, 0.4) is 0 Å². The summed E-state index contributed by atoms with van der Waals surface area (Å²) < 4.78 is 2.07. The van der Waals surface area contributed by atoms with E-state index >= 15 is 0 Å². The Labute approximate surface area is 198 Å². The van der Waals surface area contributed by atoms with Gasteiger partial charge in [0, 0.05) is 39.3 Å². The van der Waals surface area contributed by atoms with Crippen LogP contribution in [0.1, 0.15) is 24.5 Å². The minimum absolute atomic E-state index is 0.0357. The molecule has 0 aliphatic carbocycles. The molecule has 0 atom stereocenters. The zero-order chi connectivity index (χ0) is 22.4. The number of amides is 1. The Kier molecular flexibility index (Phi) is 5.41. The topological polar surface area (TPSA) is 73.8 Å². The number of carbonyl (C=O) groups is 1. The predicted molar refractivity (Wildman–Crippen MR) is 133 cm³/mol. The molecule has 0 spiro atoms. The number of hydrogen-bond acceptors (Lipinski definition) is 4. The normalized spacial score (nSPS) is 17.2. The van der Waals surface area contributed by atoms with Crippen molar-refractivity contribution in [2.24, 2.45) is 10.1 Å². The smallest absolute Gasteiger partial charge is 0.283 e. The largest absolute Gasteiger partial charge is 0.342 e. The van der Waals surface area contributed by atoms with Crippen molar-refractivity contribution in [2.45, 2.75) is 19.9 Å². The number of aliphatic imine (C=N–C) groups is 1. The van der Waals surface area contributed by atoms with Gasteiger partial charge in [0.25, 0.3) is 5.91 Å². The fourth-order valence-electron chi connectivity index (χ4n) is 3.68. The summed E-state index contributed by atoms with van der Waals surface area (Å²) in [6.07, 6.45) is 4.40. The van der Waals surface area contributed by atoms with Crippen molar-refractivity contribution in [2.75, 3.05) is 0 Å². The molecule has 3 aromatic rings. The maximum atomic E-state index is 12.7. The summed E-state index contributed by atoms with van der Waals surface area (Å²) in [5.74, 6) is -0.396. The molecule has 5 rings (SSSR count). The van der Waals surface area contributed by atoms with Gasteiger partial charge in [-0.25, -0.2) is 0 Å². The van der Waals surface area contributed by atoms with Gasteiger partial charge in [-0.15, -0.1) is 0 Å². The van der Waals surface area contributed by atoms with Crippen LogP contribution >= 0.6 is 35.0 Å². The van der Waals surface area contributed by atoms with Gasteiger partial charge in [-0.2, -0.15) is 15.1 Å². The van der Waals surface area contributed by atoms with Crippen molar-refractivity contribution in [3.63, 3.8) is 0 Å². The van der Waals surface area contributed by atoms with Crippen LogP contribution in [0.25, 0.3) is 17.0 Å². The van der Waals surface area contributed by atoms with Gasteiger partial charge in [0.1, 0.15) is 5.04 Å². The lowest BCUT2D eigenvalue weighted by molar-refractivity contribution is -0.114. The molecule has 0 saturated carbocycles. The number of aromatic nitrogens is 1. The highest BCUT2D eigenvalue weighted by Gasteiger charge is 2.35. The van der Waals surface area contributed by atoms with E-state index in [1.54, 1.807) is 12.1 Å². The molecule has 0 unspecified atom stereocenters. The van der Waals surface area contributed by atoms with Crippen LogP contribution in [-0.4, -0.2) is 31.5 Å². The van der Waals surface area contributed by atoms with E-state index in [9.17, 15) is 4.79 Å². The van der Waals surface area contributed by atoms with Gasteiger partial charge in [0.05, 0.1) is 5.57 Å². The molecule has 160 valence electrons. The van der Waals surface area contributed by atoms with Crippen LogP contribution < -0.4 is 0 Å². The number of rotatable bonds is 4. The molecular weight excluding hydrogens is 465 g/mol. The van der Waals surface area contributed by atoms with Gasteiger partial charge in [-0.1, -0.05) is 54.4 Å². The minimum Gasteiger partial charge on any atom is -0.342 e. The monoisotopic (exact) mass is 481 g/mol. The van der Waals surface area contributed by atoms with Crippen molar-refractivity contribution in [1.82, 2.24) is 9.58 Å². The summed E-state index contributed by atoms with van der Waals surface area (Å²) in [5.41, 5.74) is 2.96. The zero-order valence-corrected chi connectivity index (χ0v) is 19.3. The molecule has 1 N–H and O–H groups in total. The average Bonchev–Trinajstić information content (AvgIpc) is 3.35. The summed E-state index contributed by atoms with van der Waals surface area (Å²) in [5, 5.41) is 17.8. The Bertz CT molecular complexity index is 1390. The van der Waals surface area contributed by atoms with E-state index in [4.69, 9.17) is 28.6 Å². The maximum Gasteiger partial charge on any atom is 0.283 e. The highest BCUT2D eigenvalue weighted by Crippen LogP contribution is 2.31. The second-order valence-electron chi connectivity index (χ2n) is 7.33. The lowest BCUT2D eigenvalue weighted by atomic mass is 10.1. The quantitative estimate of drug-likeness (QED) is 0.462. The second-order valence-corrected chi connectivity index (χ2v) is 9.22. The van der Waals surface area contributed by atoms with Crippen LogP contribution in [0.2, 0.25) is 10.0 Å². The number of fused-ring (bicyclic) bond motifs is 2. The number of halogens is 2. The van der Waals surface area contributed by atoms with Crippen LogP contribution in [0.4, 0.5) is 0 Å². The summed E-state index contributed by atoms with van der Waals surface area (Å²) >= 11 is 13.8. The molecule has 3 heterocycles. The van der Waals surface area contributed by atoms with Crippen molar-refractivity contribution < 1.29 is 4.79 Å². The van der Waals surface area contributed by atoms with Gasteiger partial charge < -0.3 is 4.57 Å². The van der Waals surface area contributed by atoms with Crippen molar-refractivity contribution in [3.05, 3.63) is 75.4 Å². The number of nitrogens with one attached hydrogen (secondary N) is 1. The lowest BCUT2D eigenvalue weighted by Crippen LogP contribution is -2.35. The first kappa shape index (κ1) is 21.0. The number of carbonyl (C=O) groups excluding carboxylic acids is 1. The van der Waals surface area contributed by atoms with Crippen molar-refractivity contribution >= 4 is 73.9 Å². The van der Waals surface area contributed by atoms with Crippen LogP contribution in [0.5, 0.6) is 0 Å². The van der Waals surface area contributed by atoms with Crippen LogP contribution in [0, 0.1) is 5.41 Å². The second kappa shape index (κ2) is 8.24. The molecule has 9 heteroatoms. The van der Waals surface area contributed by atoms with Crippen LogP contribution in [0.15, 0.2) is 64.3 Å². The number of thioether (sulfide) groups is 1. The summed E-state index contributed by atoms with van der Waals surface area (Å²) in [6.45, 7) is 2.52. The van der Waals surface area contributed by atoms with Gasteiger partial charge in [0.15, 0.2) is 5.84 Å². The van der Waals surface area contributed by atoms with E-state index in [0.29, 0.717) is 21.8 Å². The highest BCUT2D eigenvalue weighted by atomic mass is 35.5. The number of benzene rings is 2. The Morgan fingerprint density at radius 3 is 2.78 bits per heavy atom. The van der Waals surface area contributed by atoms with E-state index in [0.717, 1.165) is 33.5 Å². The summed E-state index contributed by atoms with van der Waals surface area (Å²) in [7, 11) is 0. The minimum atomic E-state index is -0.432. The molecule has 6 nitrogen and oxygen atoms in total. The Morgan fingerprint density at radius 1 is 1.19 bits per heavy atom. The Morgan fingerprint density at radius 2 is 2.00 bits per heavy atom. The molecule has 0 radical (unpaired) electrons. The first-order valence-corrected chi connectivity index (χ1v) is 11.5. The highest BCUT2D eigenvalue weighted by molar-refractivity contribution is 8.26. The molecule has 0 bridgehead atoms. The van der Waals surface area contributed by atoms with Gasteiger partial charge in [0.2, 0.25) is 5.17 Å². The van der Waals surface area contributed by atoms with Crippen LogP contribution in [-0.2, 0) is 11.3 Å². The maximum absolute atomic E-state index is 12.7. The van der Waals surface area contributed by atoms with E-state index in [1.165, 1.54) is 16.8 Å². The molecule has 1 aromatic heterocycles. The molecule has 1 amide bonds. The third kappa shape index (κ3) is 3.66. The molecule has 2 aliphatic rings. The Balaban J connectivity index is 1.57. The number of nitrogens with zero attached hydrogens (tertiary/aromatic N) is 4. The van der Waals surface area contributed by atoms with Crippen molar-refractivity contribution in [3.8, 4) is 0 Å². The van der Waals surface area contributed by atoms with E-state index in [2.05, 4.69) is 14.7 Å². The van der Waals surface area contributed by atoms with E-state index < -0.39 is 5.91 Å². The molecule has 32 heavy (non-hydrogen) atoms. The third-order valence-corrected chi connectivity index (χ3v) is 6.91. The fraction of sp³-hybridized carbons (Fsp3) is 0.130. The standard InChI is InChI=1S/C23H17Cl2N5OS/c1-2-20-28-30-21(26)17(22(31)27-23(30)32-20)9-14-12-29(19-6-4-3-5-16(14)19)11-13-7-8-15(24)10-18(13)25/h3-10,12,26H,2,11H2,1H3. The van der Waals surface area contributed by atoms with Gasteiger partial charge in [-0.05, 0) is 48.0 Å². The first-order valence-electron chi connectivity index (χ1n) is 9.95. The zero-order valence-electron chi connectivity index (χ0n) is 17.0. The van der Waals surface area contributed by atoms with E-state index in [1.807, 2.05) is 49.5 Å². The molecule has 0 saturated heterocycles. The summed E-state index contributed by atoms with van der Waals surface area (Å²) in [4.78, 5) is 16.9. The SMILES string of the molecule is CCC1=NN2C(=N)C(=Cc3cn(Cc4ccc(Cl)cc4Cl)c4ccccc34)C(=O)N=C2S1. The molecule has 0 fully saturated rings. The predicted octanol–water partition coefficient (Wildman–Crippen LogP) is 6.03. The molecule has 2 aromatic carbocycles. The Hall–Kier alpha value is -2.87. The van der Waals surface area contributed by atoms with Crippen molar-refractivity contribution in [1.29, 1.82) is 5.41 Å². The number of hydrazone groups is 1. The fourth-order valence-corrected chi connectivity index (χ4v) is 4.98. The molecular formula is C23H17Cl2N5OS. The number of hydrogen-bond donors (Lipinski definition) is 1. The van der Waals surface area contributed by atoms with E-state index in [-0.39, 0.29) is 11.4 Å². The first-order chi connectivity index (χ1) is 15.4. The van der Waals surface area contributed by atoms with Gasteiger partial charge in [-0.3, -0.25) is 10.2 Å². The lowest BCUT2D eigenvalue weighted by Gasteiger charge is -2.20. The molecule has 2 aliphatic heterocycles. The number of para-hydroxylation sites is 1. The van der Waals surface area contributed by atoms with Gasteiger partial charge >= 0.3 is 0 Å². The summed E-state index contributed by atoms with van der Waals surface area (Å²) in [6, 6.07) is 13.4. The average molecular weight is 482 g/mol.